The van der Waals surface area contributed by atoms with E-state index >= 15 is 0 Å². The molecule has 0 radical (unpaired) electrons. The van der Waals surface area contributed by atoms with E-state index < -0.39 is 12.0 Å². The molecule has 2 heterocycles. The highest BCUT2D eigenvalue weighted by Gasteiger charge is 2.34. The van der Waals surface area contributed by atoms with Crippen LogP contribution in [-0.4, -0.2) is 28.6 Å². The zero-order chi connectivity index (χ0) is 12.4. The molecule has 2 unspecified atom stereocenters. The lowest BCUT2D eigenvalue weighted by Crippen LogP contribution is -2.47. The summed E-state index contributed by atoms with van der Waals surface area (Å²) in [4.78, 5) is 17.6. The molecule has 0 spiro atoms. The number of thiazole rings is 1. The van der Waals surface area contributed by atoms with Crippen molar-refractivity contribution in [2.24, 2.45) is 5.92 Å². The first kappa shape index (κ1) is 12.8. The van der Waals surface area contributed by atoms with E-state index in [1.807, 2.05) is 10.3 Å². The fourth-order valence-corrected chi connectivity index (χ4v) is 3.58. The maximum absolute atomic E-state index is 11.3. The Bertz CT molecular complexity index is 410. The molecule has 94 valence electrons. The zero-order valence-corrected chi connectivity index (χ0v) is 12.0. The summed E-state index contributed by atoms with van der Waals surface area (Å²) < 4.78 is 0.777. The van der Waals surface area contributed by atoms with Crippen molar-refractivity contribution in [1.29, 1.82) is 0 Å². The van der Waals surface area contributed by atoms with Gasteiger partial charge < -0.3 is 10.0 Å². The Morgan fingerprint density at radius 1 is 1.76 bits per heavy atom. The zero-order valence-electron chi connectivity index (χ0n) is 9.60. The second kappa shape index (κ2) is 5.35. The maximum Gasteiger partial charge on any atom is 0.326 e. The SMILES string of the molecule is CCC1CCN(c2nc(Br)cs2)C(C(=O)O)C1. The van der Waals surface area contributed by atoms with E-state index in [1.54, 1.807) is 0 Å². The van der Waals surface area contributed by atoms with E-state index in [0.29, 0.717) is 5.92 Å². The molecule has 1 aromatic rings. The number of halogens is 1. The molecule has 0 bridgehead atoms. The normalized spacial score (nSPS) is 24.9. The van der Waals surface area contributed by atoms with Crippen molar-refractivity contribution >= 4 is 38.4 Å². The van der Waals surface area contributed by atoms with Crippen LogP contribution in [0.3, 0.4) is 0 Å². The lowest BCUT2D eigenvalue weighted by atomic mass is 9.89. The second-order valence-electron chi connectivity index (χ2n) is 4.30. The number of carboxylic acid groups (broad SMARTS) is 1. The summed E-state index contributed by atoms with van der Waals surface area (Å²) >= 11 is 4.80. The Morgan fingerprint density at radius 3 is 3.06 bits per heavy atom. The van der Waals surface area contributed by atoms with Gasteiger partial charge in [0.25, 0.3) is 0 Å². The minimum Gasteiger partial charge on any atom is -0.480 e. The predicted molar refractivity (Wildman–Crippen MR) is 71.6 cm³/mol. The van der Waals surface area contributed by atoms with Crippen LogP contribution in [0.15, 0.2) is 9.98 Å². The first-order chi connectivity index (χ1) is 8.11. The highest BCUT2D eigenvalue weighted by atomic mass is 79.9. The average molecular weight is 319 g/mol. The number of rotatable bonds is 3. The van der Waals surface area contributed by atoms with Crippen LogP contribution < -0.4 is 4.90 Å². The first-order valence-electron chi connectivity index (χ1n) is 5.72. The lowest BCUT2D eigenvalue weighted by molar-refractivity contribution is -0.139. The standard InChI is InChI=1S/C11H15BrN2O2S/c1-2-7-3-4-14(8(5-7)10(15)16)11-13-9(12)6-17-11/h6-8H,2-5H2,1H3,(H,15,16). The molecule has 1 N–H and O–H groups in total. The third-order valence-corrected chi connectivity index (χ3v) is 4.87. The topological polar surface area (TPSA) is 53.4 Å². The summed E-state index contributed by atoms with van der Waals surface area (Å²) in [5, 5.41) is 12.0. The predicted octanol–water partition coefficient (Wildman–Crippen LogP) is 2.99. The fourth-order valence-electron chi connectivity index (χ4n) is 2.25. The molecule has 2 atom stereocenters. The quantitative estimate of drug-likeness (QED) is 0.930. The van der Waals surface area contributed by atoms with Gasteiger partial charge in [0.2, 0.25) is 0 Å². The number of nitrogens with zero attached hydrogens (tertiary/aromatic N) is 2. The highest BCUT2D eigenvalue weighted by molar-refractivity contribution is 9.10. The largest absolute Gasteiger partial charge is 0.480 e. The molecule has 0 aliphatic carbocycles. The van der Waals surface area contributed by atoms with Gasteiger partial charge in [-0.2, -0.15) is 0 Å². The molecule has 1 aliphatic heterocycles. The van der Waals surface area contributed by atoms with Crippen LogP contribution in [0.5, 0.6) is 0 Å². The minimum absolute atomic E-state index is 0.424. The lowest BCUT2D eigenvalue weighted by Gasteiger charge is -2.36. The smallest absolute Gasteiger partial charge is 0.326 e. The van der Waals surface area contributed by atoms with Gasteiger partial charge in [0.15, 0.2) is 5.13 Å². The summed E-state index contributed by atoms with van der Waals surface area (Å²) in [6, 6.07) is -0.424. The van der Waals surface area contributed by atoms with E-state index in [4.69, 9.17) is 0 Å². The highest BCUT2D eigenvalue weighted by Crippen LogP contribution is 2.32. The Morgan fingerprint density at radius 2 is 2.53 bits per heavy atom. The van der Waals surface area contributed by atoms with Gasteiger partial charge in [0.1, 0.15) is 10.6 Å². The molecule has 1 aliphatic rings. The Kier molecular flexibility index (Phi) is 4.04. The van der Waals surface area contributed by atoms with Crippen LogP contribution in [0, 0.1) is 5.92 Å². The number of hydrogen-bond acceptors (Lipinski definition) is 4. The number of anilines is 1. The van der Waals surface area contributed by atoms with Crippen molar-refractivity contribution in [3.05, 3.63) is 9.98 Å². The third-order valence-electron chi connectivity index (χ3n) is 3.28. The van der Waals surface area contributed by atoms with Crippen molar-refractivity contribution in [1.82, 2.24) is 4.98 Å². The van der Waals surface area contributed by atoms with Gasteiger partial charge in [-0.25, -0.2) is 9.78 Å². The fraction of sp³-hybridized carbons (Fsp3) is 0.636. The van der Waals surface area contributed by atoms with Crippen molar-refractivity contribution in [3.8, 4) is 0 Å². The van der Waals surface area contributed by atoms with E-state index in [-0.39, 0.29) is 0 Å². The van der Waals surface area contributed by atoms with Gasteiger partial charge in [-0.05, 0) is 34.7 Å². The summed E-state index contributed by atoms with van der Waals surface area (Å²) in [7, 11) is 0. The van der Waals surface area contributed by atoms with Crippen LogP contribution in [-0.2, 0) is 4.79 Å². The van der Waals surface area contributed by atoms with Crippen LogP contribution >= 0.6 is 27.3 Å². The summed E-state index contributed by atoms with van der Waals surface area (Å²) in [6.45, 7) is 2.91. The van der Waals surface area contributed by atoms with Gasteiger partial charge in [-0.15, -0.1) is 11.3 Å². The Balaban J connectivity index is 2.18. The second-order valence-corrected chi connectivity index (χ2v) is 5.95. The van der Waals surface area contributed by atoms with Crippen LogP contribution in [0.2, 0.25) is 0 Å². The molecule has 0 amide bonds. The molecule has 6 heteroatoms. The van der Waals surface area contributed by atoms with E-state index in [2.05, 4.69) is 27.8 Å². The van der Waals surface area contributed by atoms with E-state index in [1.165, 1.54) is 11.3 Å². The third kappa shape index (κ3) is 2.80. The maximum atomic E-state index is 11.3. The van der Waals surface area contributed by atoms with E-state index in [9.17, 15) is 9.90 Å². The van der Waals surface area contributed by atoms with Crippen LogP contribution in [0.25, 0.3) is 0 Å². The number of piperidine rings is 1. The molecule has 2 rings (SSSR count). The number of carboxylic acids is 1. The molecule has 1 saturated heterocycles. The van der Waals surface area contributed by atoms with Crippen molar-refractivity contribution < 1.29 is 9.90 Å². The Labute approximate surface area is 113 Å². The minimum atomic E-state index is -0.741. The van der Waals surface area contributed by atoms with Gasteiger partial charge in [-0.3, -0.25) is 0 Å². The average Bonchev–Trinajstić information content (AvgIpc) is 2.75. The van der Waals surface area contributed by atoms with Gasteiger partial charge in [0.05, 0.1) is 0 Å². The van der Waals surface area contributed by atoms with Crippen molar-refractivity contribution in [2.45, 2.75) is 32.2 Å². The van der Waals surface area contributed by atoms with Crippen molar-refractivity contribution in [3.63, 3.8) is 0 Å². The monoisotopic (exact) mass is 318 g/mol. The summed E-state index contributed by atoms with van der Waals surface area (Å²) in [5.41, 5.74) is 0. The molecule has 1 fully saturated rings. The molecular formula is C11H15BrN2O2S. The molecule has 0 saturated carbocycles. The molecule has 0 aromatic carbocycles. The van der Waals surface area contributed by atoms with Crippen LogP contribution in [0.4, 0.5) is 5.13 Å². The Hall–Kier alpha value is -0.620. The molecule has 1 aromatic heterocycles. The first-order valence-corrected chi connectivity index (χ1v) is 7.39. The number of aliphatic carboxylic acids is 1. The number of aromatic nitrogens is 1. The van der Waals surface area contributed by atoms with Crippen molar-refractivity contribution in [2.75, 3.05) is 11.4 Å². The summed E-state index contributed by atoms with van der Waals surface area (Å²) in [6.07, 6.45) is 2.83. The van der Waals surface area contributed by atoms with Gasteiger partial charge in [0, 0.05) is 11.9 Å². The summed E-state index contributed by atoms with van der Waals surface area (Å²) in [5.74, 6) is -0.217. The van der Waals surface area contributed by atoms with Gasteiger partial charge >= 0.3 is 5.97 Å². The van der Waals surface area contributed by atoms with Crippen LogP contribution in [0.1, 0.15) is 26.2 Å². The van der Waals surface area contributed by atoms with E-state index in [0.717, 1.165) is 35.5 Å². The van der Waals surface area contributed by atoms with Gasteiger partial charge in [-0.1, -0.05) is 13.3 Å². The number of carbonyl (C=O) groups is 1. The molecular weight excluding hydrogens is 304 g/mol. The molecule has 4 nitrogen and oxygen atoms in total. The molecule has 17 heavy (non-hydrogen) atoms. The number of hydrogen-bond donors (Lipinski definition) is 1.